The number of nitrogens with one attached hydrogen (secondary N) is 1. The van der Waals surface area contributed by atoms with Gasteiger partial charge in [0.1, 0.15) is 5.69 Å². The Morgan fingerprint density at radius 3 is 2.60 bits per heavy atom. The number of ether oxygens (including phenoxy) is 1. The topological polar surface area (TPSA) is 98.5 Å². The van der Waals surface area contributed by atoms with Crippen LogP contribution < -0.4 is 5.32 Å². The fourth-order valence-electron chi connectivity index (χ4n) is 2.01. The fourth-order valence-corrected chi connectivity index (χ4v) is 2.49. The standard InChI is InChI=1S/C16H12Cl2N2O5/c1-9-3-2-4-13(20(23)24)15(9)19-14(21)8-25-16(22)11-6-5-10(17)7-12(11)18/h2-7H,8H2,1H3,(H,19,21). The quantitative estimate of drug-likeness (QED) is 0.478. The first kappa shape index (κ1) is 18.7. The molecule has 0 aliphatic heterocycles. The van der Waals surface area contributed by atoms with E-state index < -0.39 is 23.4 Å². The summed E-state index contributed by atoms with van der Waals surface area (Å²) in [6.45, 7) is 0.991. The van der Waals surface area contributed by atoms with Gasteiger partial charge in [0.2, 0.25) is 0 Å². The summed E-state index contributed by atoms with van der Waals surface area (Å²) in [5, 5.41) is 13.8. The van der Waals surface area contributed by atoms with Gasteiger partial charge in [-0.05, 0) is 30.7 Å². The molecule has 0 fully saturated rings. The van der Waals surface area contributed by atoms with Gasteiger partial charge in [-0.15, -0.1) is 0 Å². The third kappa shape index (κ3) is 4.68. The Balaban J connectivity index is 2.04. The molecule has 0 aliphatic carbocycles. The molecular weight excluding hydrogens is 371 g/mol. The Bertz CT molecular complexity index is 854. The smallest absolute Gasteiger partial charge is 0.340 e. The van der Waals surface area contributed by atoms with E-state index in [1.807, 2.05) is 0 Å². The Morgan fingerprint density at radius 1 is 1.24 bits per heavy atom. The molecule has 1 amide bonds. The minimum Gasteiger partial charge on any atom is -0.452 e. The van der Waals surface area contributed by atoms with Crippen LogP contribution >= 0.6 is 23.2 Å². The molecule has 2 aromatic carbocycles. The summed E-state index contributed by atoms with van der Waals surface area (Å²) in [6, 6.07) is 8.59. The van der Waals surface area contributed by atoms with Crippen LogP contribution in [0, 0.1) is 17.0 Å². The SMILES string of the molecule is Cc1cccc([N+](=O)[O-])c1NC(=O)COC(=O)c1ccc(Cl)cc1Cl. The number of aryl methyl sites for hydroxylation is 1. The summed E-state index contributed by atoms with van der Waals surface area (Å²) >= 11 is 11.6. The zero-order valence-corrected chi connectivity index (χ0v) is 14.4. The number of anilines is 1. The van der Waals surface area contributed by atoms with E-state index in [2.05, 4.69) is 5.32 Å². The van der Waals surface area contributed by atoms with E-state index in [4.69, 9.17) is 27.9 Å². The van der Waals surface area contributed by atoms with Crippen LogP contribution in [-0.2, 0) is 9.53 Å². The van der Waals surface area contributed by atoms with E-state index in [9.17, 15) is 19.7 Å². The first-order valence-corrected chi connectivity index (χ1v) is 7.71. The van der Waals surface area contributed by atoms with Crippen molar-refractivity contribution in [3.8, 4) is 0 Å². The second kappa shape index (κ2) is 7.96. The summed E-state index contributed by atoms with van der Waals surface area (Å²) in [7, 11) is 0. The van der Waals surface area contributed by atoms with Gasteiger partial charge >= 0.3 is 5.97 Å². The van der Waals surface area contributed by atoms with Crippen molar-refractivity contribution in [2.24, 2.45) is 0 Å². The van der Waals surface area contributed by atoms with Gasteiger partial charge in [0.05, 0.1) is 15.5 Å². The number of rotatable bonds is 5. The van der Waals surface area contributed by atoms with Gasteiger partial charge in [-0.3, -0.25) is 14.9 Å². The number of para-hydroxylation sites is 1. The van der Waals surface area contributed by atoms with Crippen LogP contribution in [0.1, 0.15) is 15.9 Å². The Morgan fingerprint density at radius 2 is 1.96 bits per heavy atom. The molecule has 0 heterocycles. The van der Waals surface area contributed by atoms with Crippen LogP contribution in [0.4, 0.5) is 11.4 Å². The van der Waals surface area contributed by atoms with Crippen LogP contribution in [0.2, 0.25) is 10.0 Å². The second-order valence-corrected chi connectivity index (χ2v) is 5.82. The minimum absolute atomic E-state index is 0.0538. The summed E-state index contributed by atoms with van der Waals surface area (Å²) in [6.07, 6.45) is 0. The number of hydrogen-bond acceptors (Lipinski definition) is 5. The zero-order chi connectivity index (χ0) is 18.6. The fraction of sp³-hybridized carbons (Fsp3) is 0.125. The predicted octanol–water partition coefficient (Wildman–Crippen LogP) is 4.01. The van der Waals surface area contributed by atoms with E-state index in [-0.39, 0.29) is 22.0 Å². The molecule has 0 saturated carbocycles. The molecule has 0 atom stereocenters. The molecule has 0 unspecified atom stereocenters. The van der Waals surface area contributed by atoms with Crippen molar-refractivity contribution < 1.29 is 19.2 Å². The third-order valence-electron chi connectivity index (χ3n) is 3.20. The molecule has 0 aromatic heterocycles. The third-order valence-corrected chi connectivity index (χ3v) is 3.75. The molecule has 2 aromatic rings. The van der Waals surface area contributed by atoms with Crippen molar-refractivity contribution in [2.75, 3.05) is 11.9 Å². The van der Waals surface area contributed by atoms with Gasteiger partial charge in [-0.1, -0.05) is 35.3 Å². The Hall–Kier alpha value is -2.64. The zero-order valence-electron chi connectivity index (χ0n) is 12.9. The lowest BCUT2D eigenvalue weighted by Gasteiger charge is -2.10. The number of carbonyl (C=O) groups excluding carboxylic acids is 2. The van der Waals surface area contributed by atoms with Crippen molar-refractivity contribution >= 4 is 46.5 Å². The molecule has 0 radical (unpaired) electrons. The normalized spacial score (nSPS) is 10.2. The average molecular weight is 383 g/mol. The van der Waals surface area contributed by atoms with Gasteiger partial charge in [0.15, 0.2) is 6.61 Å². The lowest BCUT2D eigenvalue weighted by Crippen LogP contribution is -2.22. The van der Waals surface area contributed by atoms with Crippen molar-refractivity contribution in [1.29, 1.82) is 0 Å². The molecule has 130 valence electrons. The van der Waals surface area contributed by atoms with Gasteiger partial charge in [0, 0.05) is 11.1 Å². The van der Waals surface area contributed by atoms with E-state index in [1.165, 1.54) is 30.3 Å². The molecule has 0 aliphatic rings. The molecule has 0 spiro atoms. The van der Waals surface area contributed by atoms with E-state index in [0.29, 0.717) is 10.6 Å². The van der Waals surface area contributed by atoms with Crippen LogP contribution in [0.3, 0.4) is 0 Å². The number of amides is 1. The number of halogens is 2. The van der Waals surface area contributed by atoms with Gasteiger partial charge in [-0.2, -0.15) is 0 Å². The van der Waals surface area contributed by atoms with Crippen molar-refractivity contribution in [3.63, 3.8) is 0 Å². The van der Waals surface area contributed by atoms with Gasteiger partial charge < -0.3 is 10.1 Å². The number of carbonyl (C=O) groups is 2. The highest BCUT2D eigenvalue weighted by Crippen LogP contribution is 2.27. The van der Waals surface area contributed by atoms with Gasteiger partial charge in [0.25, 0.3) is 11.6 Å². The average Bonchev–Trinajstić information content (AvgIpc) is 2.54. The predicted molar refractivity (Wildman–Crippen MR) is 93.2 cm³/mol. The van der Waals surface area contributed by atoms with Crippen LogP contribution in [0.15, 0.2) is 36.4 Å². The number of benzene rings is 2. The summed E-state index contributed by atoms with van der Waals surface area (Å²) in [5.41, 5.74) is 0.369. The minimum atomic E-state index is -0.809. The summed E-state index contributed by atoms with van der Waals surface area (Å²) in [5.74, 6) is -1.52. The monoisotopic (exact) mass is 382 g/mol. The maximum absolute atomic E-state index is 11.9. The molecule has 7 nitrogen and oxygen atoms in total. The van der Waals surface area contributed by atoms with Gasteiger partial charge in [-0.25, -0.2) is 4.79 Å². The molecule has 0 saturated heterocycles. The second-order valence-electron chi connectivity index (χ2n) is 4.97. The molecule has 2 rings (SSSR count). The number of nitro groups is 1. The highest BCUT2D eigenvalue weighted by Gasteiger charge is 2.19. The lowest BCUT2D eigenvalue weighted by molar-refractivity contribution is -0.384. The molecule has 1 N–H and O–H groups in total. The lowest BCUT2D eigenvalue weighted by atomic mass is 10.1. The molecule has 0 bridgehead atoms. The van der Waals surface area contributed by atoms with Crippen LogP contribution in [0.25, 0.3) is 0 Å². The summed E-state index contributed by atoms with van der Waals surface area (Å²) in [4.78, 5) is 34.3. The maximum atomic E-state index is 11.9. The number of nitrogens with zero attached hydrogens (tertiary/aromatic N) is 1. The number of nitro benzene ring substituents is 1. The van der Waals surface area contributed by atoms with E-state index >= 15 is 0 Å². The first-order chi connectivity index (χ1) is 11.8. The van der Waals surface area contributed by atoms with Crippen LogP contribution in [0.5, 0.6) is 0 Å². The van der Waals surface area contributed by atoms with Crippen LogP contribution in [-0.4, -0.2) is 23.4 Å². The largest absolute Gasteiger partial charge is 0.452 e. The first-order valence-electron chi connectivity index (χ1n) is 6.95. The summed E-state index contributed by atoms with van der Waals surface area (Å²) < 4.78 is 4.87. The van der Waals surface area contributed by atoms with Crippen molar-refractivity contribution in [2.45, 2.75) is 6.92 Å². The number of esters is 1. The molecular formula is C16H12Cl2N2O5. The number of hydrogen-bond donors (Lipinski definition) is 1. The highest BCUT2D eigenvalue weighted by atomic mass is 35.5. The molecule has 25 heavy (non-hydrogen) atoms. The highest BCUT2D eigenvalue weighted by molar-refractivity contribution is 6.36. The van der Waals surface area contributed by atoms with Crippen molar-refractivity contribution in [3.05, 3.63) is 67.7 Å². The maximum Gasteiger partial charge on any atom is 0.340 e. The van der Waals surface area contributed by atoms with E-state index in [0.717, 1.165) is 0 Å². The van der Waals surface area contributed by atoms with E-state index in [1.54, 1.807) is 13.0 Å². The Kier molecular flexibility index (Phi) is 5.95. The van der Waals surface area contributed by atoms with Crippen molar-refractivity contribution in [1.82, 2.24) is 0 Å². The Labute approximate surface area is 152 Å². The molecule has 9 heteroatoms.